The van der Waals surface area contributed by atoms with Crippen LogP contribution in [0, 0.1) is 11.8 Å². The van der Waals surface area contributed by atoms with Crippen molar-refractivity contribution < 1.29 is 0 Å². The van der Waals surface area contributed by atoms with E-state index in [0.29, 0.717) is 0 Å². The fourth-order valence-corrected chi connectivity index (χ4v) is 2.92. The lowest BCUT2D eigenvalue weighted by Crippen LogP contribution is -2.40. The van der Waals surface area contributed by atoms with Gasteiger partial charge in [-0.3, -0.25) is 0 Å². The summed E-state index contributed by atoms with van der Waals surface area (Å²) in [5, 5.41) is 3.71. The Labute approximate surface area is 102 Å². The standard InChI is InChI=1S/C15H31N/c1-5-9-13-10-7-6-8-11-14(13)12-16-15(2,3)4/h13-14,16H,5-12H2,1-4H3. The summed E-state index contributed by atoms with van der Waals surface area (Å²) >= 11 is 0. The van der Waals surface area contributed by atoms with E-state index < -0.39 is 0 Å². The normalized spacial score (nSPS) is 27.8. The van der Waals surface area contributed by atoms with Crippen molar-refractivity contribution in [2.24, 2.45) is 11.8 Å². The second-order valence-corrected chi connectivity index (χ2v) is 6.58. The van der Waals surface area contributed by atoms with Gasteiger partial charge in [0.05, 0.1) is 0 Å². The highest BCUT2D eigenvalue weighted by Gasteiger charge is 2.24. The SMILES string of the molecule is CCCC1CCCCCC1CNC(C)(C)C. The van der Waals surface area contributed by atoms with Crippen molar-refractivity contribution in [2.75, 3.05) is 6.54 Å². The van der Waals surface area contributed by atoms with E-state index in [-0.39, 0.29) is 5.54 Å². The average Bonchev–Trinajstić information content (AvgIpc) is 2.40. The largest absolute Gasteiger partial charge is 0.312 e. The minimum atomic E-state index is 0.281. The molecule has 96 valence electrons. The molecule has 1 heteroatoms. The molecule has 1 N–H and O–H groups in total. The van der Waals surface area contributed by atoms with Crippen LogP contribution in [0.1, 0.15) is 72.6 Å². The molecule has 0 aliphatic heterocycles. The molecule has 1 saturated carbocycles. The summed E-state index contributed by atoms with van der Waals surface area (Å²) < 4.78 is 0. The predicted molar refractivity (Wildman–Crippen MR) is 72.7 cm³/mol. The van der Waals surface area contributed by atoms with Gasteiger partial charge < -0.3 is 5.32 Å². The van der Waals surface area contributed by atoms with E-state index in [1.807, 2.05) is 0 Å². The fourth-order valence-electron chi connectivity index (χ4n) is 2.92. The molecular formula is C15H31N. The van der Waals surface area contributed by atoms with E-state index in [0.717, 1.165) is 11.8 Å². The van der Waals surface area contributed by atoms with E-state index in [9.17, 15) is 0 Å². The molecule has 0 aromatic heterocycles. The molecule has 16 heavy (non-hydrogen) atoms. The van der Waals surface area contributed by atoms with Crippen molar-refractivity contribution in [1.82, 2.24) is 5.32 Å². The number of nitrogens with one attached hydrogen (secondary N) is 1. The van der Waals surface area contributed by atoms with Crippen LogP contribution in [0.3, 0.4) is 0 Å². The van der Waals surface area contributed by atoms with Crippen molar-refractivity contribution in [1.29, 1.82) is 0 Å². The van der Waals surface area contributed by atoms with Gasteiger partial charge in [-0.1, -0.05) is 45.4 Å². The Kier molecular flexibility index (Phi) is 5.82. The van der Waals surface area contributed by atoms with E-state index in [1.165, 1.54) is 51.5 Å². The van der Waals surface area contributed by atoms with Crippen LogP contribution in [0.25, 0.3) is 0 Å². The Morgan fingerprint density at radius 3 is 2.19 bits per heavy atom. The van der Waals surface area contributed by atoms with E-state index in [2.05, 4.69) is 33.0 Å². The number of rotatable bonds is 4. The van der Waals surface area contributed by atoms with Gasteiger partial charge in [0.15, 0.2) is 0 Å². The maximum absolute atomic E-state index is 3.71. The zero-order chi connectivity index (χ0) is 12.0. The number of hydrogen-bond donors (Lipinski definition) is 1. The van der Waals surface area contributed by atoms with E-state index in [1.54, 1.807) is 0 Å². The van der Waals surface area contributed by atoms with Gasteiger partial charge in [-0.15, -0.1) is 0 Å². The molecule has 0 saturated heterocycles. The third-order valence-electron chi connectivity index (χ3n) is 3.87. The first-order valence-electron chi connectivity index (χ1n) is 7.28. The molecule has 1 aliphatic carbocycles. The van der Waals surface area contributed by atoms with Crippen LogP contribution in [-0.2, 0) is 0 Å². The summed E-state index contributed by atoms with van der Waals surface area (Å²) in [7, 11) is 0. The Morgan fingerprint density at radius 1 is 1.00 bits per heavy atom. The summed E-state index contributed by atoms with van der Waals surface area (Å²) in [6.07, 6.45) is 10.1. The van der Waals surface area contributed by atoms with Crippen LogP contribution in [0.2, 0.25) is 0 Å². The predicted octanol–water partition coefficient (Wildman–Crippen LogP) is 4.37. The molecule has 0 bridgehead atoms. The van der Waals surface area contributed by atoms with Gasteiger partial charge in [0.1, 0.15) is 0 Å². The van der Waals surface area contributed by atoms with Crippen molar-refractivity contribution in [3.63, 3.8) is 0 Å². The molecule has 0 spiro atoms. The third-order valence-corrected chi connectivity index (χ3v) is 3.87. The molecule has 2 unspecified atom stereocenters. The highest BCUT2D eigenvalue weighted by Crippen LogP contribution is 2.31. The third kappa shape index (κ3) is 5.34. The van der Waals surface area contributed by atoms with Crippen LogP contribution in [0.15, 0.2) is 0 Å². The summed E-state index contributed by atoms with van der Waals surface area (Å²) in [6, 6.07) is 0. The summed E-state index contributed by atoms with van der Waals surface area (Å²) in [5.74, 6) is 1.92. The molecule has 1 nitrogen and oxygen atoms in total. The second kappa shape index (κ2) is 6.64. The molecular weight excluding hydrogens is 194 g/mol. The second-order valence-electron chi connectivity index (χ2n) is 6.58. The Hall–Kier alpha value is -0.0400. The Balaban J connectivity index is 2.44. The lowest BCUT2D eigenvalue weighted by Gasteiger charge is -2.29. The van der Waals surface area contributed by atoms with Gasteiger partial charge in [-0.05, 0) is 45.6 Å². The molecule has 0 aromatic rings. The van der Waals surface area contributed by atoms with Gasteiger partial charge in [0.2, 0.25) is 0 Å². The van der Waals surface area contributed by atoms with Crippen molar-refractivity contribution in [2.45, 2.75) is 78.2 Å². The lowest BCUT2D eigenvalue weighted by atomic mass is 9.84. The molecule has 0 amide bonds. The van der Waals surface area contributed by atoms with Crippen LogP contribution in [0.5, 0.6) is 0 Å². The highest BCUT2D eigenvalue weighted by molar-refractivity contribution is 4.79. The highest BCUT2D eigenvalue weighted by atomic mass is 14.9. The van der Waals surface area contributed by atoms with Crippen LogP contribution in [-0.4, -0.2) is 12.1 Å². The Bertz CT molecular complexity index is 180. The maximum atomic E-state index is 3.71. The quantitative estimate of drug-likeness (QED) is 0.701. The van der Waals surface area contributed by atoms with Gasteiger partial charge in [-0.2, -0.15) is 0 Å². The smallest absolute Gasteiger partial charge is 0.00966 e. The van der Waals surface area contributed by atoms with Crippen molar-refractivity contribution >= 4 is 0 Å². The minimum Gasteiger partial charge on any atom is -0.312 e. The van der Waals surface area contributed by atoms with Gasteiger partial charge in [0.25, 0.3) is 0 Å². The topological polar surface area (TPSA) is 12.0 Å². The van der Waals surface area contributed by atoms with Crippen LogP contribution >= 0.6 is 0 Å². The first-order valence-corrected chi connectivity index (χ1v) is 7.28. The minimum absolute atomic E-state index is 0.281. The maximum Gasteiger partial charge on any atom is 0.00966 e. The molecule has 1 aliphatic rings. The van der Waals surface area contributed by atoms with Crippen LogP contribution in [0.4, 0.5) is 0 Å². The van der Waals surface area contributed by atoms with E-state index >= 15 is 0 Å². The first kappa shape index (κ1) is 14.0. The van der Waals surface area contributed by atoms with E-state index in [4.69, 9.17) is 0 Å². The average molecular weight is 225 g/mol. The fraction of sp³-hybridized carbons (Fsp3) is 1.00. The van der Waals surface area contributed by atoms with Crippen LogP contribution < -0.4 is 5.32 Å². The molecule has 1 fully saturated rings. The summed E-state index contributed by atoms with van der Waals surface area (Å²) in [5.41, 5.74) is 0.281. The summed E-state index contributed by atoms with van der Waals surface area (Å²) in [6.45, 7) is 10.4. The molecule has 0 aromatic carbocycles. The van der Waals surface area contributed by atoms with Gasteiger partial charge in [0, 0.05) is 5.54 Å². The molecule has 0 radical (unpaired) electrons. The summed E-state index contributed by atoms with van der Waals surface area (Å²) in [4.78, 5) is 0. The van der Waals surface area contributed by atoms with Crippen molar-refractivity contribution in [3.05, 3.63) is 0 Å². The zero-order valence-electron chi connectivity index (χ0n) is 11.8. The van der Waals surface area contributed by atoms with Gasteiger partial charge in [-0.25, -0.2) is 0 Å². The lowest BCUT2D eigenvalue weighted by molar-refractivity contribution is 0.257. The first-order chi connectivity index (χ1) is 7.53. The Morgan fingerprint density at radius 2 is 1.62 bits per heavy atom. The van der Waals surface area contributed by atoms with Crippen molar-refractivity contribution in [3.8, 4) is 0 Å². The monoisotopic (exact) mass is 225 g/mol. The zero-order valence-corrected chi connectivity index (χ0v) is 11.8. The molecule has 2 atom stereocenters. The number of hydrogen-bond acceptors (Lipinski definition) is 1. The van der Waals surface area contributed by atoms with Gasteiger partial charge >= 0.3 is 0 Å². The molecule has 1 rings (SSSR count). The molecule has 0 heterocycles.